The monoisotopic (exact) mass is 434 g/mol. The predicted octanol–water partition coefficient (Wildman–Crippen LogP) is 2.91. The lowest BCUT2D eigenvalue weighted by molar-refractivity contribution is 0.127. The molecule has 10 heteroatoms. The lowest BCUT2D eigenvalue weighted by atomic mass is 9.99. The number of anilines is 1. The molecule has 164 valence electrons. The highest BCUT2D eigenvalue weighted by Crippen LogP contribution is 2.33. The molecular weight excluding hydrogens is 411 g/mol. The lowest BCUT2D eigenvalue weighted by Crippen LogP contribution is -2.47. The van der Waals surface area contributed by atoms with E-state index < -0.39 is 6.67 Å². The molecule has 2 aliphatic heterocycles. The molecule has 1 fully saturated rings. The van der Waals surface area contributed by atoms with Gasteiger partial charge in [-0.15, -0.1) is 0 Å². The lowest BCUT2D eigenvalue weighted by Gasteiger charge is -2.31. The fourth-order valence-corrected chi connectivity index (χ4v) is 4.75. The molecule has 2 N–H and O–H groups in total. The van der Waals surface area contributed by atoms with Crippen molar-refractivity contribution in [1.82, 2.24) is 35.4 Å². The summed E-state index contributed by atoms with van der Waals surface area (Å²) < 4.78 is 20.1. The maximum atomic E-state index is 14.3. The van der Waals surface area contributed by atoms with Crippen molar-refractivity contribution in [3.05, 3.63) is 48.8 Å². The number of hydrogen-bond acceptors (Lipinski definition) is 8. The van der Waals surface area contributed by atoms with Gasteiger partial charge in [-0.2, -0.15) is 4.98 Å². The van der Waals surface area contributed by atoms with E-state index in [1.165, 1.54) is 0 Å². The number of rotatable bonds is 5. The summed E-state index contributed by atoms with van der Waals surface area (Å²) >= 11 is 0. The summed E-state index contributed by atoms with van der Waals surface area (Å²) in [5.41, 5.74) is 7.37. The molecule has 3 atom stereocenters. The fourth-order valence-electron chi connectivity index (χ4n) is 4.75. The van der Waals surface area contributed by atoms with Crippen molar-refractivity contribution in [3.8, 4) is 0 Å². The number of nitrogens with one attached hydrogen (secondary N) is 2. The van der Waals surface area contributed by atoms with Crippen LogP contribution in [0.5, 0.6) is 0 Å². The van der Waals surface area contributed by atoms with Gasteiger partial charge in [0.25, 0.3) is 6.01 Å². The number of fused-ring (bicyclic) bond motifs is 2. The second kappa shape index (κ2) is 7.56. The highest BCUT2D eigenvalue weighted by Gasteiger charge is 2.37. The minimum atomic E-state index is -0.458. The number of aromatic nitrogens is 5. The Balaban J connectivity index is 1.24. The molecular formula is C22H23FN8O. The first-order valence-corrected chi connectivity index (χ1v) is 10.8. The van der Waals surface area contributed by atoms with E-state index >= 15 is 0 Å². The van der Waals surface area contributed by atoms with Crippen molar-refractivity contribution in [1.29, 1.82) is 0 Å². The van der Waals surface area contributed by atoms with Gasteiger partial charge in [0, 0.05) is 48.6 Å². The molecule has 1 saturated heterocycles. The third kappa shape index (κ3) is 3.10. The van der Waals surface area contributed by atoms with Gasteiger partial charge < -0.3 is 19.3 Å². The molecule has 4 aromatic rings. The molecule has 9 nitrogen and oxygen atoms in total. The van der Waals surface area contributed by atoms with E-state index in [0.29, 0.717) is 18.3 Å². The Morgan fingerprint density at radius 2 is 2.22 bits per heavy atom. The first-order chi connectivity index (χ1) is 15.7. The highest BCUT2D eigenvalue weighted by atomic mass is 19.1. The number of hydrogen-bond donors (Lipinski definition) is 2. The average Bonchev–Trinajstić information content (AvgIpc) is 3.59. The Hall–Kier alpha value is -3.53. The van der Waals surface area contributed by atoms with Gasteiger partial charge in [0.05, 0.1) is 17.8 Å². The molecule has 2 aliphatic rings. The summed E-state index contributed by atoms with van der Waals surface area (Å²) in [6.07, 6.45) is 7.95. The van der Waals surface area contributed by atoms with E-state index in [1.807, 2.05) is 35.6 Å². The highest BCUT2D eigenvalue weighted by molar-refractivity contribution is 5.89. The minimum Gasteiger partial charge on any atom is -0.404 e. The van der Waals surface area contributed by atoms with Gasteiger partial charge in [0.15, 0.2) is 0 Å². The zero-order chi connectivity index (χ0) is 21.7. The van der Waals surface area contributed by atoms with Gasteiger partial charge in [-0.3, -0.25) is 0 Å². The van der Waals surface area contributed by atoms with Gasteiger partial charge in [-0.25, -0.2) is 24.8 Å². The molecule has 0 spiro atoms. The van der Waals surface area contributed by atoms with Gasteiger partial charge >= 0.3 is 0 Å². The van der Waals surface area contributed by atoms with Crippen molar-refractivity contribution in [3.63, 3.8) is 0 Å². The number of aromatic amines is 1. The normalized spacial score (nSPS) is 22.2. The third-order valence-electron chi connectivity index (χ3n) is 6.42. The van der Waals surface area contributed by atoms with Crippen LogP contribution >= 0.6 is 0 Å². The Bertz CT molecular complexity index is 1270. The van der Waals surface area contributed by atoms with Crippen LogP contribution in [-0.4, -0.2) is 61.8 Å². The number of H-pyrrole nitrogens is 1. The molecule has 0 saturated carbocycles. The number of halogens is 1. The fraction of sp³-hybridized carbons (Fsp3) is 0.364. The van der Waals surface area contributed by atoms with Crippen LogP contribution in [0.2, 0.25) is 0 Å². The molecule has 0 radical (unpaired) electrons. The van der Waals surface area contributed by atoms with E-state index in [9.17, 15) is 4.39 Å². The number of hydrazine groups is 1. The van der Waals surface area contributed by atoms with Gasteiger partial charge in [0.2, 0.25) is 5.71 Å². The first kappa shape index (κ1) is 19.2. The van der Waals surface area contributed by atoms with Crippen LogP contribution in [-0.2, 0) is 0 Å². The van der Waals surface area contributed by atoms with E-state index in [0.717, 1.165) is 40.8 Å². The Morgan fingerprint density at radius 1 is 1.28 bits per heavy atom. The number of oxazole rings is 1. The standard InChI is InChI=1S/C22H23FN8O/c1-13-16(19-15-4-7-24-20(15)27-12-26-19)11-31(29-13)18(9-23)14-5-8-30(10-14)22-28-17-3-2-6-25-21(17)32-22/h2-4,6-7,11-14,18,29H,5,8-10H2,1H3,(H,24,26,27). The molecule has 0 amide bonds. The largest absolute Gasteiger partial charge is 0.404 e. The molecule has 6 rings (SSSR count). The van der Waals surface area contributed by atoms with Crippen LogP contribution in [0.4, 0.5) is 10.4 Å². The smallest absolute Gasteiger partial charge is 0.299 e. The van der Waals surface area contributed by atoms with E-state index in [2.05, 4.69) is 42.2 Å². The second-order valence-electron chi connectivity index (χ2n) is 8.35. The zero-order valence-electron chi connectivity index (χ0n) is 17.6. The number of nitrogens with zero attached hydrogens (tertiary/aromatic N) is 6. The summed E-state index contributed by atoms with van der Waals surface area (Å²) in [7, 11) is 0. The summed E-state index contributed by atoms with van der Waals surface area (Å²) in [5.74, 6) is 0.121. The second-order valence-corrected chi connectivity index (χ2v) is 8.35. The maximum absolute atomic E-state index is 14.3. The Kier molecular flexibility index (Phi) is 4.53. The number of alkyl halides is 1. The van der Waals surface area contributed by atoms with Crippen LogP contribution in [0.25, 0.3) is 27.8 Å². The average molecular weight is 434 g/mol. The molecule has 4 aromatic heterocycles. The van der Waals surface area contributed by atoms with Crippen molar-refractivity contribution >= 4 is 33.9 Å². The quantitative estimate of drug-likeness (QED) is 0.495. The summed E-state index contributed by atoms with van der Waals surface area (Å²) in [6, 6.07) is 5.95. The van der Waals surface area contributed by atoms with Crippen molar-refractivity contribution in [2.24, 2.45) is 5.92 Å². The Morgan fingerprint density at radius 3 is 3.09 bits per heavy atom. The van der Waals surface area contributed by atoms with E-state index in [1.54, 1.807) is 12.5 Å². The first-order valence-electron chi connectivity index (χ1n) is 10.8. The maximum Gasteiger partial charge on any atom is 0.299 e. The third-order valence-corrected chi connectivity index (χ3v) is 6.42. The zero-order valence-corrected chi connectivity index (χ0v) is 17.6. The van der Waals surface area contributed by atoms with Crippen LogP contribution in [0, 0.1) is 5.92 Å². The van der Waals surface area contributed by atoms with E-state index in [4.69, 9.17) is 4.42 Å². The van der Waals surface area contributed by atoms with Gasteiger partial charge in [-0.1, -0.05) is 0 Å². The van der Waals surface area contributed by atoms with Crippen LogP contribution in [0.15, 0.2) is 47.5 Å². The van der Waals surface area contributed by atoms with Crippen molar-refractivity contribution < 1.29 is 8.81 Å². The van der Waals surface area contributed by atoms with Gasteiger partial charge in [-0.05, 0) is 31.5 Å². The van der Waals surface area contributed by atoms with Crippen molar-refractivity contribution in [2.45, 2.75) is 25.4 Å². The summed E-state index contributed by atoms with van der Waals surface area (Å²) in [4.78, 5) is 22.7. The minimum absolute atomic E-state index is 0.0117. The molecule has 32 heavy (non-hydrogen) atoms. The van der Waals surface area contributed by atoms with E-state index in [-0.39, 0.29) is 18.0 Å². The molecule has 3 unspecified atom stereocenters. The van der Waals surface area contributed by atoms with Crippen LogP contribution in [0.3, 0.4) is 0 Å². The van der Waals surface area contributed by atoms with Gasteiger partial charge in [0.1, 0.15) is 24.2 Å². The predicted molar refractivity (Wildman–Crippen MR) is 118 cm³/mol. The molecule has 6 heterocycles. The molecule has 0 bridgehead atoms. The SMILES string of the molecule is CC1NN(C(CF)C2CCN(c3nc4cccnc4o3)C2)C=C1c1ncnc2[nH]ccc12. The Labute approximate surface area is 183 Å². The topological polar surface area (TPSA) is 99.0 Å². The molecule has 0 aliphatic carbocycles. The van der Waals surface area contributed by atoms with Crippen LogP contribution in [0.1, 0.15) is 19.0 Å². The van der Waals surface area contributed by atoms with Crippen molar-refractivity contribution in [2.75, 3.05) is 24.7 Å². The molecule has 0 aromatic carbocycles. The van der Waals surface area contributed by atoms with Crippen LogP contribution < -0.4 is 10.3 Å². The summed E-state index contributed by atoms with van der Waals surface area (Å²) in [6.45, 7) is 3.05. The number of pyridine rings is 1. The summed E-state index contributed by atoms with van der Waals surface area (Å²) in [5, 5.41) is 2.88.